The molecule has 0 aliphatic rings. The second kappa shape index (κ2) is 3.69. The van der Waals surface area contributed by atoms with Crippen molar-refractivity contribution in [2.75, 3.05) is 0 Å². The third kappa shape index (κ3) is 1.77. The molecule has 0 amide bonds. The minimum absolute atomic E-state index is 0.0903. The van der Waals surface area contributed by atoms with Crippen molar-refractivity contribution in [3.05, 3.63) is 35.4 Å². The molecule has 0 aliphatic heterocycles. The van der Waals surface area contributed by atoms with Gasteiger partial charge in [-0.25, -0.2) is 9.59 Å². The first-order valence-corrected chi connectivity index (χ1v) is 3.68. The van der Waals surface area contributed by atoms with Crippen LogP contribution in [0.2, 0.25) is 0 Å². The Morgan fingerprint density at radius 2 is 1.57 bits per heavy atom. The number of carbonyl (C=O) groups is 2. The van der Waals surface area contributed by atoms with Crippen LogP contribution in [0.3, 0.4) is 0 Å². The zero-order valence-electron chi connectivity index (χ0n) is 7.02. The minimum Gasteiger partial charge on any atom is -0.478 e. The zero-order valence-corrected chi connectivity index (χ0v) is 7.02. The molecule has 0 aromatic heterocycles. The molecule has 3 N–H and O–H groups in total. The quantitative estimate of drug-likeness (QED) is 0.619. The number of aromatic carboxylic acids is 1. The Hall–Kier alpha value is -2.17. The number of nitrogens with one attached hydrogen (secondary N) is 1. The first-order chi connectivity index (χ1) is 6.54. The molecule has 0 saturated heterocycles. The van der Waals surface area contributed by atoms with Crippen molar-refractivity contribution in [1.82, 2.24) is 0 Å². The van der Waals surface area contributed by atoms with E-state index in [1.54, 1.807) is 0 Å². The summed E-state index contributed by atoms with van der Waals surface area (Å²) in [4.78, 5) is 21.1. The molecule has 0 saturated carbocycles. The van der Waals surface area contributed by atoms with E-state index in [1.165, 1.54) is 24.3 Å². The van der Waals surface area contributed by atoms with Crippen LogP contribution in [-0.2, 0) is 4.79 Å². The minimum atomic E-state index is -1.45. The summed E-state index contributed by atoms with van der Waals surface area (Å²) in [5, 5.41) is 24.4. The molecule has 0 spiro atoms. The summed E-state index contributed by atoms with van der Waals surface area (Å²) in [6.45, 7) is 0. The third-order valence-electron chi connectivity index (χ3n) is 1.64. The highest BCUT2D eigenvalue weighted by molar-refractivity contribution is 6.42. The molecule has 1 rings (SSSR count). The second-order valence-corrected chi connectivity index (χ2v) is 2.53. The first kappa shape index (κ1) is 9.91. The van der Waals surface area contributed by atoms with Gasteiger partial charge in [-0.05, 0) is 6.07 Å². The zero-order chi connectivity index (χ0) is 10.7. The van der Waals surface area contributed by atoms with Gasteiger partial charge in [-0.2, -0.15) is 0 Å². The van der Waals surface area contributed by atoms with E-state index in [0.29, 0.717) is 0 Å². The lowest BCUT2D eigenvalue weighted by Crippen LogP contribution is -2.16. The van der Waals surface area contributed by atoms with E-state index < -0.39 is 17.7 Å². The number of aliphatic carboxylic acids is 1. The topological polar surface area (TPSA) is 98.5 Å². The van der Waals surface area contributed by atoms with Crippen LogP contribution in [-0.4, -0.2) is 27.9 Å². The molecule has 5 heteroatoms. The molecular formula is C9H7NO4. The van der Waals surface area contributed by atoms with Crippen LogP contribution in [0.4, 0.5) is 0 Å². The third-order valence-corrected chi connectivity index (χ3v) is 1.64. The predicted molar refractivity (Wildman–Crippen MR) is 47.9 cm³/mol. The Morgan fingerprint density at radius 1 is 1.07 bits per heavy atom. The van der Waals surface area contributed by atoms with Crippen molar-refractivity contribution in [2.45, 2.75) is 0 Å². The molecule has 0 atom stereocenters. The predicted octanol–water partition coefficient (Wildman–Crippen LogP) is 0.837. The molecule has 1 aromatic rings. The standard InChI is InChI=1S/C9H7NO4/c10-7(9(13)14)5-3-1-2-4-6(5)8(11)12/h1-4,10H,(H,11,12)(H,13,14). The van der Waals surface area contributed by atoms with E-state index >= 15 is 0 Å². The van der Waals surface area contributed by atoms with E-state index in [4.69, 9.17) is 15.6 Å². The maximum Gasteiger partial charge on any atom is 0.354 e. The van der Waals surface area contributed by atoms with Crippen LogP contribution in [0.1, 0.15) is 15.9 Å². The van der Waals surface area contributed by atoms with Crippen molar-refractivity contribution >= 4 is 17.7 Å². The van der Waals surface area contributed by atoms with Gasteiger partial charge in [0.2, 0.25) is 0 Å². The largest absolute Gasteiger partial charge is 0.478 e. The Labute approximate surface area is 79.1 Å². The fourth-order valence-electron chi connectivity index (χ4n) is 1.00. The highest BCUT2D eigenvalue weighted by atomic mass is 16.4. The average molecular weight is 193 g/mol. The van der Waals surface area contributed by atoms with Crippen LogP contribution in [0, 0.1) is 5.41 Å². The van der Waals surface area contributed by atoms with Gasteiger partial charge >= 0.3 is 11.9 Å². The molecule has 0 heterocycles. The summed E-state index contributed by atoms with van der Waals surface area (Å²) in [7, 11) is 0. The lowest BCUT2D eigenvalue weighted by atomic mass is 10.0. The fourth-order valence-corrected chi connectivity index (χ4v) is 1.00. The lowest BCUT2D eigenvalue weighted by Gasteiger charge is -2.02. The van der Waals surface area contributed by atoms with Gasteiger partial charge in [-0.15, -0.1) is 0 Å². The number of hydrogen-bond acceptors (Lipinski definition) is 3. The summed E-state index contributed by atoms with van der Waals surface area (Å²) in [6.07, 6.45) is 0. The highest BCUT2D eigenvalue weighted by Gasteiger charge is 2.17. The molecule has 0 radical (unpaired) electrons. The van der Waals surface area contributed by atoms with Gasteiger partial charge in [0.25, 0.3) is 0 Å². The number of carboxylic acid groups (broad SMARTS) is 2. The average Bonchev–Trinajstić information content (AvgIpc) is 2.16. The summed E-state index contributed by atoms with van der Waals surface area (Å²) >= 11 is 0. The maximum absolute atomic E-state index is 10.7. The van der Waals surface area contributed by atoms with Crippen LogP contribution in [0.5, 0.6) is 0 Å². The number of benzene rings is 1. The van der Waals surface area contributed by atoms with E-state index in [1.807, 2.05) is 0 Å². The smallest absolute Gasteiger partial charge is 0.354 e. The van der Waals surface area contributed by atoms with Crippen molar-refractivity contribution < 1.29 is 19.8 Å². The van der Waals surface area contributed by atoms with Crippen LogP contribution >= 0.6 is 0 Å². The molecule has 0 unspecified atom stereocenters. The first-order valence-electron chi connectivity index (χ1n) is 3.68. The van der Waals surface area contributed by atoms with Crippen LogP contribution < -0.4 is 0 Å². The van der Waals surface area contributed by atoms with E-state index in [0.717, 1.165) is 0 Å². The van der Waals surface area contributed by atoms with Gasteiger partial charge < -0.3 is 10.2 Å². The molecule has 5 nitrogen and oxygen atoms in total. The molecule has 0 aliphatic carbocycles. The molecule has 1 aromatic carbocycles. The van der Waals surface area contributed by atoms with E-state index in [9.17, 15) is 9.59 Å². The summed E-state index contributed by atoms with van der Waals surface area (Å²) in [5.41, 5.74) is -0.990. The van der Waals surface area contributed by atoms with Crippen molar-refractivity contribution in [1.29, 1.82) is 5.41 Å². The van der Waals surface area contributed by atoms with Crippen molar-refractivity contribution in [3.63, 3.8) is 0 Å². The SMILES string of the molecule is N=C(C(=O)O)c1ccccc1C(=O)O. The summed E-state index contributed by atoms with van der Waals surface area (Å²) < 4.78 is 0. The Morgan fingerprint density at radius 3 is 2.00 bits per heavy atom. The monoisotopic (exact) mass is 193 g/mol. The normalized spacial score (nSPS) is 9.43. The Bertz CT molecular complexity index is 411. The number of carboxylic acids is 2. The Kier molecular flexibility index (Phi) is 2.62. The molecule has 0 fully saturated rings. The summed E-state index contributed by atoms with van der Waals surface area (Å²) in [5.74, 6) is -2.69. The van der Waals surface area contributed by atoms with Crippen molar-refractivity contribution in [3.8, 4) is 0 Å². The maximum atomic E-state index is 10.7. The van der Waals surface area contributed by atoms with Gasteiger partial charge in [-0.3, -0.25) is 5.41 Å². The van der Waals surface area contributed by atoms with Gasteiger partial charge in [0.05, 0.1) is 5.56 Å². The van der Waals surface area contributed by atoms with Gasteiger partial charge in [0, 0.05) is 5.56 Å². The van der Waals surface area contributed by atoms with Gasteiger partial charge in [0.1, 0.15) is 5.71 Å². The number of rotatable bonds is 3. The summed E-state index contributed by atoms with van der Waals surface area (Å²) in [6, 6.07) is 5.51. The molecule has 72 valence electrons. The molecule has 14 heavy (non-hydrogen) atoms. The van der Waals surface area contributed by atoms with Crippen LogP contribution in [0.15, 0.2) is 24.3 Å². The molecule has 0 bridgehead atoms. The fraction of sp³-hybridized carbons (Fsp3) is 0. The van der Waals surface area contributed by atoms with Gasteiger partial charge in [0.15, 0.2) is 0 Å². The highest BCUT2D eigenvalue weighted by Crippen LogP contribution is 2.09. The van der Waals surface area contributed by atoms with Crippen LogP contribution in [0.25, 0.3) is 0 Å². The number of hydrogen-bond donors (Lipinski definition) is 3. The molecular weight excluding hydrogens is 186 g/mol. The van der Waals surface area contributed by atoms with E-state index in [2.05, 4.69) is 0 Å². The lowest BCUT2D eigenvalue weighted by molar-refractivity contribution is -0.129. The van der Waals surface area contributed by atoms with Crippen molar-refractivity contribution in [2.24, 2.45) is 0 Å². The second-order valence-electron chi connectivity index (χ2n) is 2.53. The Balaban J connectivity index is 3.27. The van der Waals surface area contributed by atoms with E-state index in [-0.39, 0.29) is 11.1 Å². The van der Waals surface area contributed by atoms with Gasteiger partial charge in [-0.1, -0.05) is 18.2 Å².